The molecule has 4 rings (SSSR count). The van der Waals surface area contributed by atoms with Crippen molar-refractivity contribution in [1.29, 1.82) is 0 Å². The monoisotopic (exact) mass is 390 g/mol. The first kappa shape index (κ1) is 18.5. The normalized spacial score (nSPS) is 15.6. The third-order valence-electron chi connectivity index (χ3n) is 4.78. The Bertz CT molecular complexity index is 1140. The lowest BCUT2D eigenvalue weighted by atomic mass is 10.1. The van der Waals surface area contributed by atoms with Gasteiger partial charge in [-0.2, -0.15) is 0 Å². The molecule has 0 spiro atoms. The van der Waals surface area contributed by atoms with Crippen molar-refractivity contribution in [2.75, 3.05) is 16.8 Å². The molecule has 1 aliphatic rings. The fourth-order valence-electron chi connectivity index (χ4n) is 3.37. The van der Waals surface area contributed by atoms with Gasteiger partial charge in [0.25, 0.3) is 5.91 Å². The van der Waals surface area contributed by atoms with Crippen LogP contribution in [0.15, 0.2) is 60.7 Å². The lowest BCUT2D eigenvalue weighted by Crippen LogP contribution is -2.47. The van der Waals surface area contributed by atoms with Gasteiger partial charge in [-0.1, -0.05) is 36.4 Å². The number of hydrogen-bond acceptors (Lipinski definition) is 4. The van der Waals surface area contributed by atoms with Gasteiger partial charge in [0.2, 0.25) is 5.91 Å². The van der Waals surface area contributed by atoms with Gasteiger partial charge < -0.3 is 15.2 Å². The maximum atomic E-state index is 12.7. The number of carbonyl (C=O) groups is 3. The van der Waals surface area contributed by atoms with E-state index in [9.17, 15) is 19.5 Å². The Morgan fingerprint density at radius 2 is 1.86 bits per heavy atom. The first-order valence-electron chi connectivity index (χ1n) is 9.07. The quantitative estimate of drug-likeness (QED) is 0.713. The average Bonchev–Trinajstić information content (AvgIpc) is 2.71. The molecular weight excluding hydrogens is 372 g/mol. The molecule has 0 saturated heterocycles. The van der Waals surface area contributed by atoms with Gasteiger partial charge >= 0.3 is 5.97 Å². The van der Waals surface area contributed by atoms with Crippen molar-refractivity contribution in [2.24, 2.45) is 0 Å². The van der Waals surface area contributed by atoms with Gasteiger partial charge in [-0.15, -0.1) is 0 Å². The Balaban J connectivity index is 1.63. The molecule has 3 aromatic rings. The highest BCUT2D eigenvalue weighted by molar-refractivity contribution is 6.09. The van der Waals surface area contributed by atoms with Crippen LogP contribution >= 0.6 is 0 Å². The van der Waals surface area contributed by atoms with Crippen molar-refractivity contribution >= 4 is 39.9 Å². The topological polar surface area (TPSA) is 95.9 Å². The summed E-state index contributed by atoms with van der Waals surface area (Å²) in [4.78, 5) is 37.9. The van der Waals surface area contributed by atoms with Gasteiger partial charge in [-0.25, -0.2) is 4.79 Å². The molecule has 0 bridgehead atoms. The van der Waals surface area contributed by atoms with Crippen LogP contribution in [0.2, 0.25) is 0 Å². The molecule has 1 heterocycles. The van der Waals surface area contributed by atoms with Crippen LogP contribution in [0.5, 0.6) is 5.75 Å². The minimum absolute atomic E-state index is 0.00849. The third-order valence-corrected chi connectivity index (χ3v) is 4.78. The molecule has 146 valence electrons. The summed E-state index contributed by atoms with van der Waals surface area (Å²) in [6.07, 6.45) is -0.775. The minimum Gasteiger partial charge on any atom is -0.479 e. The number of carbonyl (C=O) groups excluding carboxylic acids is 2. The summed E-state index contributed by atoms with van der Waals surface area (Å²) >= 11 is 0. The van der Waals surface area contributed by atoms with Crippen LogP contribution in [0.3, 0.4) is 0 Å². The second-order valence-corrected chi connectivity index (χ2v) is 6.75. The molecule has 7 heteroatoms. The van der Waals surface area contributed by atoms with E-state index >= 15 is 0 Å². The van der Waals surface area contributed by atoms with Gasteiger partial charge in [0.05, 0.1) is 11.3 Å². The van der Waals surface area contributed by atoms with Crippen LogP contribution in [-0.4, -0.2) is 35.5 Å². The number of nitrogens with zero attached hydrogens (tertiary/aromatic N) is 1. The van der Waals surface area contributed by atoms with Crippen molar-refractivity contribution < 1.29 is 24.2 Å². The van der Waals surface area contributed by atoms with Gasteiger partial charge in [0.15, 0.2) is 6.10 Å². The van der Waals surface area contributed by atoms with Gasteiger partial charge in [-0.3, -0.25) is 14.5 Å². The number of ether oxygens (including phenoxy) is 1. The Morgan fingerprint density at radius 3 is 2.66 bits per heavy atom. The summed E-state index contributed by atoms with van der Waals surface area (Å²) in [6, 6.07) is 17.5. The molecule has 3 aromatic carbocycles. The zero-order chi connectivity index (χ0) is 20.5. The summed E-state index contributed by atoms with van der Waals surface area (Å²) in [5.74, 6) is -1.57. The maximum absolute atomic E-state index is 12.7. The first-order valence-corrected chi connectivity index (χ1v) is 9.07. The summed E-state index contributed by atoms with van der Waals surface area (Å²) in [5, 5.41) is 14.0. The van der Waals surface area contributed by atoms with E-state index < -0.39 is 23.9 Å². The number of aromatic carboxylic acids is 1. The van der Waals surface area contributed by atoms with E-state index in [1.165, 1.54) is 23.1 Å². The van der Waals surface area contributed by atoms with Crippen LogP contribution in [0.4, 0.5) is 11.4 Å². The molecule has 0 aromatic heterocycles. The fourth-order valence-corrected chi connectivity index (χ4v) is 3.37. The van der Waals surface area contributed by atoms with Crippen molar-refractivity contribution in [3.8, 4) is 5.75 Å². The van der Waals surface area contributed by atoms with E-state index in [0.717, 1.165) is 10.8 Å². The number of anilines is 2. The second-order valence-electron chi connectivity index (χ2n) is 6.75. The molecular formula is C22H18N2O5. The summed E-state index contributed by atoms with van der Waals surface area (Å²) < 4.78 is 5.55. The van der Waals surface area contributed by atoms with Crippen molar-refractivity contribution in [2.45, 2.75) is 13.0 Å². The molecule has 0 saturated carbocycles. The molecule has 0 radical (unpaired) electrons. The number of rotatable bonds is 4. The number of fused-ring (bicyclic) bond motifs is 2. The first-order chi connectivity index (χ1) is 13.9. The average molecular weight is 390 g/mol. The number of carboxylic acids is 1. The summed E-state index contributed by atoms with van der Waals surface area (Å²) in [7, 11) is 0. The van der Waals surface area contributed by atoms with Crippen LogP contribution in [0, 0.1) is 0 Å². The lowest BCUT2D eigenvalue weighted by Gasteiger charge is -2.32. The number of benzene rings is 3. The van der Waals surface area contributed by atoms with Crippen LogP contribution in [-0.2, 0) is 9.59 Å². The zero-order valence-corrected chi connectivity index (χ0v) is 15.6. The Labute approximate surface area is 166 Å². The predicted molar refractivity (Wildman–Crippen MR) is 108 cm³/mol. The van der Waals surface area contributed by atoms with E-state index in [-0.39, 0.29) is 17.8 Å². The van der Waals surface area contributed by atoms with Crippen molar-refractivity contribution in [3.63, 3.8) is 0 Å². The summed E-state index contributed by atoms with van der Waals surface area (Å²) in [6.45, 7) is 1.33. The van der Waals surface area contributed by atoms with E-state index in [2.05, 4.69) is 5.32 Å². The maximum Gasteiger partial charge on any atom is 0.335 e. The Morgan fingerprint density at radius 1 is 1.10 bits per heavy atom. The van der Waals surface area contributed by atoms with E-state index in [1.54, 1.807) is 13.0 Å². The molecule has 7 nitrogen and oxygen atoms in total. The van der Waals surface area contributed by atoms with Gasteiger partial charge in [0, 0.05) is 11.1 Å². The standard InChI is InChI=1S/C22H18N2O5/c1-13-21(26)24(18-11-15(22(27)28)9-10-19(18)29-13)12-20(25)23-17-8-4-6-14-5-2-3-7-16(14)17/h2-11,13H,12H2,1H3,(H,23,25)(H,27,28). The highest BCUT2D eigenvalue weighted by Gasteiger charge is 2.33. The summed E-state index contributed by atoms with van der Waals surface area (Å²) in [5.41, 5.74) is 0.914. The van der Waals surface area contributed by atoms with Crippen molar-refractivity contribution in [1.82, 2.24) is 0 Å². The predicted octanol–water partition coefficient (Wildman–Crippen LogP) is 3.29. The molecule has 29 heavy (non-hydrogen) atoms. The molecule has 2 amide bonds. The number of hydrogen-bond donors (Lipinski definition) is 2. The SMILES string of the molecule is CC1Oc2ccc(C(=O)O)cc2N(CC(=O)Nc2cccc3ccccc23)C1=O. The molecule has 1 atom stereocenters. The third kappa shape index (κ3) is 3.50. The Hall–Kier alpha value is -3.87. The fraction of sp³-hybridized carbons (Fsp3) is 0.136. The molecule has 1 unspecified atom stereocenters. The van der Waals surface area contributed by atoms with Crippen LogP contribution < -0.4 is 15.0 Å². The van der Waals surface area contributed by atoms with E-state index in [0.29, 0.717) is 11.4 Å². The highest BCUT2D eigenvalue weighted by Crippen LogP contribution is 2.35. The minimum atomic E-state index is -1.13. The van der Waals surface area contributed by atoms with Crippen LogP contribution in [0.1, 0.15) is 17.3 Å². The van der Waals surface area contributed by atoms with Gasteiger partial charge in [0.1, 0.15) is 12.3 Å². The Kier molecular flexibility index (Phi) is 4.64. The van der Waals surface area contributed by atoms with E-state index in [4.69, 9.17) is 4.74 Å². The smallest absolute Gasteiger partial charge is 0.335 e. The zero-order valence-electron chi connectivity index (χ0n) is 15.6. The van der Waals surface area contributed by atoms with Crippen LogP contribution in [0.25, 0.3) is 10.8 Å². The number of carboxylic acid groups (broad SMARTS) is 1. The number of amides is 2. The molecule has 2 N–H and O–H groups in total. The number of nitrogens with one attached hydrogen (secondary N) is 1. The van der Waals surface area contributed by atoms with Gasteiger partial charge in [-0.05, 0) is 36.6 Å². The molecule has 0 aliphatic carbocycles. The largest absolute Gasteiger partial charge is 0.479 e. The van der Waals surface area contributed by atoms with Crippen molar-refractivity contribution in [3.05, 3.63) is 66.2 Å². The lowest BCUT2D eigenvalue weighted by molar-refractivity contribution is -0.127. The molecule has 1 aliphatic heterocycles. The van der Waals surface area contributed by atoms with E-state index in [1.807, 2.05) is 36.4 Å². The second kappa shape index (κ2) is 7.27. The highest BCUT2D eigenvalue weighted by atomic mass is 16.5. The molecule has 0 fully saturated rings.